The minimum Gasteiger partial charge on any atom is -0.289 e. The van der Waals surface area contributed by atoms with Gasteiger partial charge in [0.05, 0.1) is 0 Å². The fourth-order valence-electron chi connectivity index (χ4n) is 1.84. The molecule has 0 aliphatic rings. The lowest BCUT2D eigenvalue weighted by Crippen LogP contribution is -2.05. The molecular weight excluding hydrogens is 375 g/mol. The summed E-state index contributed by atoms with van der Waals surface area (Å²) in [5.41, 5.74) is 2.98. The van der Waals surface area contributed by atoms with Crippen molar-refractivity contribution in [3.8, 4) is 0 Å². The minimum absolute atomic E-state index is 0.111. The lowest BCUT2D eigenvalue weighted by atomic mass is 9.97. The third-order valence-corrected chi connectivity index (χ3v) is 4.44. The highest BCUT2D eigenvalue weighted by molar-refractivity contribution is 9.10. The first-order valence-electron chi connectivity index (χ1n) is 5.66. The molecule has 0 aromatic heterocycles. The lowest BCUT2D eigenvalue weighted by Gasteiger charge is -2.09. The Hall–Kier alpha value is -1.000. The molecule has 2 aromatic carbocycles. The van der Waals surface area contributed by atoms with Crippen LogP contribution in [-0.4, -0.2) is 5.78 Å². The zero-order valence-electron chi connectivity index (χ0n) is 10.4. The van der Waals surface area contributed by atoms with Gasteiger partial charge < -0.3 is 0 Å². The number of hydrogen-bond acceptors (Lipinski definition) is 1. The maximum atomic E-state index is 13.1. The van der Waals surface area contributed by atoms with Crippen LogP contribution in [0.5, 0.6) is 0 Å². The molecule has 4 heteroatoms. The zero-order valence-corrected chi connectivity index (χ0v) is 13.6. The van der Waals surface area contributed by atoms with Crippen LogP contribution < -0.4 is 0 Å². The molecule has 0 amide bonds. The molecule has 2 rings (SSSR count). The smallest absolute Gasteiger partial charge is 0.194 e. The lowest BCUT2D eigenvalue weighted by molar-refractivity contribution is 0.103. The van der Waals surface area contributed by atoms with Crippen molar-refractivity contribution in [2.75, 3.05) is 0 Å². The first-order chi connectivity index (χ1) is 8.90. The summed E-state index contributed by atoms with van der Waals surface area (Å²) >= 11 is 6.67. The van der Waals surface area contributed by atoms with Gasteiger partial charge in [0.25, 0.3) is 0 Å². The van der Waals surface area contributed by atoms with Crippen LogP contribution in [0, 0.1) is 19.7 Å². The number of hydrogen-bond donors (Lipinski definition) is 0. The van der Waals surface area contributed by atoms with E-state index in [-0.39, 0.29) is 11.6 Å². The predicted molar refractivity (Wildman–Crippen MR) is 81.1 cm³/mol. The number of halogens is 3. The van der Waals surface area contributed by atoms with Crippen LogP contribution in [-0.2, 0) is 0 Å². The molecule has 98 valence electrons. The summed E-state index contributed by atoms with van der Waals surface area (Å²) in [5, 5.41) is 0. The summed E-state index contributed by atoms with van der Waals surface area (Å²) < 4.78 is 14.5. The van der Waals surface area contributed by atoms with Crippen molar-refractivity contribution in [2.24, 2.45) is 0 Å². The molecule has 0 spiro atoms. The normalized spacial score (nSPS) is 10.6. The van der Waals surface area contributed by atoms with Crippen molar-refractivity contribution >= 4 is 37.6 Å². The Morgan fingerprint density at radius 3 is 2.26 bits per heavy atom. The molecule has 0 aliphatic heterocycles. The van der Waals surface area contributed by atoms with Crippen LogP contribution in [0.4, 0.5) is 4.39 Å². The van der Waals surface area contributed by atoms with E-state index in [2.05, 4.69) is 31.9 Å². The van der Waals surface area contributed by atoms with E-state index in [1.54, 1.807) is 0 Å². The van der Waals surface area contributed by atoms with Gasteiger partial charge in [-0.2, -0.15) is 0 Å². The fraction of sp³-hybridized carbons (Fsp3) is 0.133. The van der Waals surface area contributed by atoms with Gasteiger partial charge in [-0.25, -0.2) is 4.39 Å². The monoisotopic (exact) mass is 384 g/mol. The maximum Gasteiger partial charge on any atom is 0.194 e. The SMILES string of the molecule is Cc1cc(C(=O)c2ccc(F)cc2Br)c(C)cc1Br. The zero-order chi connectivity index (χ0) is 14.2. The Morgan fingerprint density at radius 1 is 0.947 bits per heavy atom. The molecule has 19 heavy (non-hydrogen) atoms. The van der Waals surface area contributed by atoms with Crippen LogP contribution >= 0.6 is 31.9 Å². The van der Waals surface area contributed by atoms with E-state index in [4.69, 9.17) is 0 Å². The standard InChI is InChI=1S/C15H11Br2FO/c1-8-6-13(16)9(2)5-12(8)15(19)11-4-3-10(18)7-14(11)17/h3-7H,1-2H3. The Labute approximate surface area is 128 Å². The van der Waals surface area contributed by atoms with E-state index >= 15 is 0 Å². The van der Waals surface area contributed by atoms with Gasteiger partial charge in [0.15, 0.2) is 5.78 Å². The van der Waals surface area contributed by atoms with E-state index in [0.717, 1.165) is 15.6 Å². The predicted octanol–water partition coefficient (Wildman–Crippen LogP) is 5.20. The van der Waals surface area contributed by atoms with Crippen LogP contribution in [0.15, 0.2) is 39.3 Å². The van der Waals surface area contributed by atoms with Gasteiger partial charge >= 0.3 is 0 Å². The summed E-state index contributed by atoms with van der Waals surface area (Å²) in [4.78, 5) is 12.5. The highest BCUT2D eigenvalue weighted by atomic mass is 79.9. The fourth-order valence-corrected chi connectivity index (χ4v) is 2.83. The van der Waals surface area contributed by atoms with Crippen molar-refractivity contribution < 1.29 is 9.18 Å². The van der Waals surface area contributed by atoms with E-state index < -0.39 is 0 Å². The van der Waals surface area contributed by atoms with Crippen molar-refractivity contribution in [1.29, 1.82) is 0 Å². The number of aryl methyl sites for hydroxylation is 2. The van der Waals surface area contributed by atoms with Gasteiger partial charge in [-0.05, 0) is 71.2 Å². The van der Waals surface area contributed by atoms with Crippen LogP contribution in [0.2, 0.25) is 0 Å². The molecule has 0 atom stereocenters. The Balaban J connectivity index is 2.53. The number of carbonyl (C=O) groups excluding carboxylic acids is 1. The van der Waals surface area contributed by atoms with Gasteiger partial charge in [-0.15, -0.1) is 0 Å². The van der Waals surface area contributed by atoms with Gasteiger partial charge in [-0.1, -0.05) is 15.9 Å². The summed E-state index contributed by atoms with van der Waals surface area (Å²) in [7, 11) is 0. The number of rotatable bonds is 2. The van der Waals surface area contributed by atoms with E-state index in [1.807, 2.05) is 26.0 Å². The van der Waals surface area contributed by atoms with Gasteiger partial charge in [-0.3, -0.25) is 4.79 Å². The van der Waals surface area contributed by atoms with Crippen LogP contribution in [0.25, 0.3) is 0 Å². The Morgan fingerprint density at radius 2 is 1.63 bits per heavy atom. The molecule has 0 unspecified atom stereocenters. The molecule has 0 N–H and O–H groups in total. The highest BCUT2D eigenvalue weighted by Gasteiger charge is 2.16. The Bertz CT molecular complexity index is 665. The molecule has 2 aromatic rings. The van der Waals surface area contributed by atoms with Crippen molar-refractivity contribution in [3.05, 3.63) is 67.3 Å². The third kappa shape index (κ3) is 2.95. The summed E-state index contributed by atoms with van der Waals surface area (Å²) in [6, 6.07) is 7.85. The largest absolute Gasteiger partial charge is 0.289 e. The van der Waals surface area contributed by atoms with Crippen molar-refractivity contribution in [3.63, 3.8) is 0 Å². The van der Waals surface area contributed by atoms with Gasteiger partial charge in [0, 0.05) is 20.1 Å². The molecule has 1 nitrogen and oxygen atoms in total. The summed E-state index contributed by atoms with van der Waals surface area (Å²) in [6.45, 7) is 3.81. The number of benzene rings is 2. The second kappa shape index (κ2) is 5.55. The molecule has 0 radical (unpaired) electrons. The summed E-state index contributed by atoms with van der Waals surface area (Å²) in [6.07, 6.45) is 0. The Kier molecular flexibility index (Phi) is 4.21. The van der Waals surface area contributed by atoms with Crippen LogP contribution in [0.1, 0.15) is 27.0 Å². The minimum atomic E-state index is -0.368. The molecule has 0 fully saturated rings. The first kappa shape index (κ1) is 14.4. The van der Waals surface area contributed by atoms with E-state index in [1.165, 1.54) is 18.2 Å². The molecule has 0 bridgehead atoms. The van der Waals surface area contributed by atoms with Gasteiger partial charge in [0.1, 0.15) is 5.82 Å². The number of ketones is 1. The average molecular weight is 386 g/mol. The van der Waals surface area contributed by atoms with E-state index in [0.29, 0.717) is 15.6 Å². The van der Waals surface area contributed by atoms with E-state index in [9.17, 15) is 9.18 Å². The highest BCUT2D eigenvalue weighted by Crippen LogP contribution is 2.26. The molecular formula is C15H11Br2FO. The third-order valence-electron chi connectivity index (χ3n) is 2.93. The first-order valence-corrected chi connectivity index (χ1v) is 7.25. The topological polar surface area (TPSA) is 17.1 Å². The molecule has 0 saturated carbocycles. The molecule has 0 aliphatic carbocycles. The molecule has 0 saturated heterocycles. The van der Waals surface area contributed by atoms with Crippen molar-refractivity contribution in [1.82, 2.24) is 0 Å². The second-order valence-electron chi connectivity index (χ2n) is 4.37. The average Bonchev–Trinajstić information content (AvgIpc) is 2.33. The maximum absolute atomic E-state index is 13.1. The van der Waals surface area contributed by atoms with Crippen LogP contribution in [0.3, 0.4) is 0 Å². The van der Waals surface area contributed by atoms with Crippen molar-refractivity contribution in [2.45, 2.75) is 13.8 Å². The number of carbonyl (C=O) groups is 1. The second-order valence-corrected chi connectivity index (χ2v) is 6.08. The van der Waals surface area contributed by atoms with Gasteiger partial charge in [0.2, 0.25) is 0 Å². The molecule has 0 heterocycles. The summed E-state index contributed by atoms with van der Waals surface area (Å²) in [5.74, 6) is -0.480. The quantitative estimate of drug-likeness (QED) is 0.649.